The van der Waals surface area contributed by atoms with E-state index >= 15 is 0 Å². The lowest BCUT2D eigenvalue weighted by Crippen LogP contribution is -2.17. The van der Waals surface area contributed by atoms with Crippen LogP contribution in [-0.4, -0.2) is 20.9 Å². The second kappa shape index (κ2) is 18.3. The first-order valence-electron chi connectivity index (χ1n) is 21.1. The van der Waals surface area contributed by atoms with Crippen LogP contribution in [0.2, 0.25) is 0 Å². The zero-order chi connectivity index (χ0) is 41.5. The van der Waals surface area contributed by atoms with Crippen LogP contribution in [0.5, 0.6) is 23.0 Å². The van der Waals surface area contributed by atoms with E-state index in [-0.39, 0.29) is 5.92 Å². The lowest BCUT2D eigenvalue weighted by molar-refractivity contribution is 0.458. The summed E-state index contributed by atoms with van der Waals surface area (Å²) in [5.74, 6) is 3.76. The van der Waals surface area contributed by atoms with E-state index in [0.29, 0.717) is 17.4 Å². The third kappa shape index (κ3) is 8.52. The largest absolute Gasteiger partial charge is 0.881 e. The van der Waals surface area contributed by atoms with E-state index in [2.05, 4.69) is 145 Å². The summed E-state index contributed by atoms with van der Waals surface area (Å²) in [5.41, 5.74) is 10.7. The summed E-state index contributed by atoms with van der Waals surface area (Å²) in [5, 5.41) is 0. The number of allylic oxidation sites excluding steroid dienone is 2. The van der Waals surface area contributed by atoms with Gasteiger partial charge >= 0.3 is 15.9 Å². The Morgan fingerprint density at radius 3 is 2.20 bits per heavy atom. The Bertz CT molecular complexity index is 2730. The van der Waals surface area contributed by atoms with Crippen LogP contribution < -0.4 is 22.1 Å². The fourth-order valence-corrected chi connectivity index (χ4v) is 8.56. The molecule has 0 aliphatic carbocycles. The number of oxazole rings is 1. The van der Waals surface area contributed by atoms with E-state index < -0.39 is 15.9 Å². The van der Waals surface area contributed by atoms with Crippen molar-refractivity contribution in [2.24, 2.45) is 0 Å². The molecule has 301 valence electrons. The smallest absolute Gasteiger partial charge is 0.616 e. The van der Waals surface area contributed by atoms with Gasteiger partial charge in [0, 0.05) is 23.1 Å². The van der Waals surface area contributed by atoms with Crippen LogP contribution in [0.15, 0.2) is 180 Å². The highest BCUT2D eigenvalue weighted by molar-refractivity contribution is 6.21. The maximum absolute atomic E-state index is 6.68. The number of ether oxygens (including phenoxy) is 1. The van der Waals surface area contributed by atoms with Crippen molar-refractivity contribution in [2.45, 2.75) is 52.4 Å². The van der Waals surface area contributed by atoms with Crippen molar-refractivity contribution in [1.29, 1.82) is 0 Å². The zero-order valence-electron chi connectivity index (χ0n) is 34.7. The van der Waals surface area contributed by atoms with Gasteiger partial charge < -0.3 is 26.5 Å². The molecule has 9 rings (SSSR count). The number of nitrogens with zero attached hydrogens (tertiary/aromatic N) is 3. The molecule has 7 nitrogen and oxygen atoms in total. The predicted octanol–water partition coefficient (Wildman–Crippen LogP) is 14.9. The van der Waals surface area contributed by atoms with Gasteiger partial charge in [-0.05, 0) is 128 Å². The maximum Gasteiger partial charge on any atom is 0.881 e. The van der Waals surface area contributed by atoms with E-state index in [1.54, 1.807) is 0 Å². The molecule has 1 aliphatic heterocycles. The van der Waals surface area contributed by atoms with Crippen molar-refractivity contribution in [2.75, 3.05) is 9.80 Å². The SMILES string of the molecule is C/C=C\C(C)c1ccc2nc(-c3ccc(N4c5ccccc5Oc5c(CCCCC)cccc54)cc3[O][Al][O]c3ccc(N(c4ccccc4)c4ccccc4)cc3)oc2c1. The molecular formula is C53H47AlN3O4. The normalized spacial score (nSPS) is 12.4. The average Bonchev–Trinajstić information content (AvgIpc) is 3.73. The van der Waals surface area contributed by atoms with E-state index in [4.69, 9.17) is 21.7 Å². The van der Waals surface area contributed by atoms with Crippen molar-refractivity contribution in [1.82, 2.24) is 4.98 Å². The quantitative estimate of drug-likeness (QED) is 0.0580. The van der Waals surface area contributed by atoms with E-state index in [1.807, 2.05) is 61.5 Å². The average molecular weight is 817 g/mol. The van der Waals surface area contributed by atoms with Crippen molar-refractivity contribution >= 4 is 61.1 Å². The second-order valence-corrected chi connectivity index (χ2v) is 15.9. The summed E-state index contributed by atoms with van der Waals surface area (Å²) in [7, 11) is 0. The third-order valence-corrected chi connectivity index (χ3v) is 11.8. The highest BCUT2D eigenvalue weighted by atomic mass is 27.2. The lowest BCUT2D eigenvalue weighted by atomic mass is 10.0. The van der Waals surface area contributed by atoms with Gasteiger partial charge in [0.15, 0.2) is 17.1 Å². The molecule has 61 heavy (non-hydrogen) atoms. The molecule has 0 N–H and O–H groups in total. The van der Waals surface area contributed by atoms with E-state index in [1.165, 1.54) is 17.5 Å². The summed E-state index contributed by atoms with van der Waals surface area (Å²) in [4.78, 5) is 9.45. The summed E-state index contributed by atoms with van der Waals surface area (Å²) in [6, 6.07) is 56.0. The van der Waals surface area contributed by atoms with E-state index in [9.17, 15) is 0 Å². The topological polar surface area (TPSA) is 60.2 Å². The van der Waals surface area contributed by atoms with Gasteiger partial charge in [-0.15, -0.1) is 0 Å². The van der Waals surface area contributed by atoms with Crippen molar-refractivity contribution in [3.8, 4) is 34.5 Å². The van der Waals surface area contributed by atoms with Gasteiger partial charge in [0.25, 0.3) is 0 Å². The minimum Gasteiger partial charge on any atom is -0.616 e. The molecule has 0 saturated carbocycles. The highest BCUT2D eigenvalue weighted by Crippen LogP contribution is 2.52. The first kappa shape index (κ1) is 39.7. The molecule has 7 aromatic carbocycles. The van der Waals surface area contributed by atoms with Crippen LogP contribution in [0.3, 0.4) is 0 Å². The number of hydrogen-bond donors (Lipinski definition) is 0. The number of fused-ring (bicyclic) bond motifs is 3. The highest BCUT2D eigenvalue weighted by Gasteiger charge is 2.29. The standard InChI is InChI=1S/C35H34N2O3.C18H15NO.Al/c1-4-6-7-12-24-13-10-15-30-34(24)39-32-16-9-8-14-29(32)37(30)26-18-19-27(31(38)22-26)35-36-28-20-17-25(21-33(28)40-35)23(3)11-5-2;20-18-13-11-17(12-14-18)19(15-7-3-1-4-8-15)16-9-5-2-6-10-16;/h5,8-11,13-23,38H,4,6-7,12H2,1-3H3;1-14,20H;/q;;+2/p-2/b11-5-;;. The summed E-state index contributed by atoms with van der Waals surface area (Å²) in [6.45, 7) is 6.45. The molecule has 0 fully saturated rings. The van der Waals surface area contributed by atoms with Gasteiger partial charge in [0.05, 0.1) is 34.1 Å². The Morgan fingerprint density at radius 1 is 0.721 bits per heavy atom. The molecule has 1 aliphatic rings. The van der Waals surface area contributed by atoms with Crippen LogP contribution in [-0.2, 0) is 6.42 Å². The number of anilines is 6. The number of benzene rings is 7. The minimum absolute atomic E-state index is 0.252. The molecule has 1 atom stereocenters. The van der Waals surface area contributed by atoms with Crippen LogP contribution in [0.1, 0.15) is 57.1 Å². The van der Waals surface area contributed by atoms with Crippen molar-refractivity contribution < 1.29 is 16.7 Å². The second-order valence-electron chi connectivity index (χ2n) is 15.2. The molecule has 0 amide bonds. The summed E-state index contributed by atoms with van der Waals surface area (Å²) < 4.78 is 26.2. The van der Waals surface area contributed by atoms with Gasteiger partial charge in [0.2, 0.25) is 5.89 Å². The van der Waals surface area contributed by atoms with Crippen LogP contribution in [0, 0.1) is 0 Å². The maximum atomic E-state index is 6.68. The van der Waals surface area contributed by atoms with Crippen LogP contribution >= 0.6 is 0 Å². The van der Waals surface area contributed by atoms with Gasteiger partial charge in [-0.3, -0.25) is 0 Å². The first-order chi connectivity index (χ1) is 30.1. The minimum atomic E-state index is -0.984. The number of para-hydroxylation sites is 5. The number of hydrogen-bond acceptors (Lipinski definition) is 7. The van der Waals surface area contributed by atoms with Gasteiger partial charge in [-0.1, -0.05) is 106 Å². The molecule has 8 heteroatoms. The molecule has 0 saturated heterocycles. The lowest BCUT2D eigenvalue weighted by Gasteiger charge is -2.34. The molecule has 1 unspecified atom stereocenters. The number of rotatable bonds is 15. The van der Waals surface area contributed by atoms with Crippen LogP contribution in [0.25, 0.3) is 22.6 Å². The molecule has 1 radical (unpaired) electrons. The Hall–Kier alpha value is -6.72. The molecule has 8 aromatic rings. The number of aryl methyl sites for hydroxylation is 1. The monoisotopic (exact) mass is 816 g/mol. The molecule has 2 heterocycles. The number of unbranched alkanes of at least 4 members (excludes halogenated alkanes) is 2. The summed E-state index contributed by atoms with van der Waals surface area (Å²) >= 11 is -0.984. The van der Waals surface area contributed by atoms with Gasteiger partial charge in [-0.2, -0.15) is 0 Å². The Morgan fingerprint density at radius 2 is 1.44 bits per heavy atom. The van der Waals surface area contributed by atoms with Gasteiger partial charge in [0.1, 0.15) is 5.52 Å². The first-order valence-corrected chi connectivity index (χ1v) is 22.0. The Balaban J connectivity index is 1.06. The predicted molar refractivity (Wildman–Crippen MR) is 249 cm³/mol. The van der Waals surface area contributed by atoms with Crippen molar-refractivity contribution in [3.05, 3.63) is 187 Å². The molecule has 1 aromatic heterocycles. The van der Waals surface area contributed by atoms with Crippen LogP contribution in [0.4, 0.5) is 34.1 Å². The fraction of sp³-hybridized carbons (Fsp3) is 0.151. The molecule has 0 spiro atoms. The third-order valence-electron chi connectivity index (χ3n) is 11.0. The number of aromatic nitrogens is 1. The Labute approximate surface area is 364 Å². The van der Waals surface area contributed by atoms with Crippen molar-refractivity contribution in [3.63, 3.8) is 0 Å². The van der Waals surface area contributed by atoms with E-state index in [0.717, 1.165) is 81.5 Å². The van der Waals surface area contributed by atoms with Gasteiger partial charge in [-0.25, -0.2) is 4.98 Å². The molecule has 0 bridgehead atoms. The molecular weight excluding hydrogens is 770 g/mol. The fourth-order valence-electron chi connectivity index (χ4n) is 7.94. The zero-order valence-corrected chi connectivity index (χ0v) is 35.9. The Kier molecular flexibility index (Phi) is 11.9. The summed E-state index contributed by atoms with van der Waals surface area (Å²) in [6.07, 6.45) is 8.65.